The lowest BCUT2D eigenvalue weighted by molar-refractivity contribution is -0.193. The highest BCUT2D eigenvalue weighted by Gasteiger charge is 2.57. The van der Waals surface area contributed by atoms with Gasteiger partial charge >= 0.3 is 0 Å². The molecule has 1 heterocycles. The first-order valence-electron chi connectivity index (χ1n) is 16.8. The van der Waals surface area contributed by atoms with Crippen molar-refractivity contribution < 1.29 is 33.0 Å². The van der Waals surface area contributed by atoms with Crippen molar-refractivity contribution in [3.05, 3.63) is 0 Å². The number of methoxy groups -OCH3 is 1. The zero-order chi connectivity index (χ0) is 31.3. The summed E-state index contributed by atoms with van der Waals surface area (Å²) in [5, 5.41) is 26.2. The van der Waals surface area contributed by atoms with Crippen LogP contribution in [0.5, 0.6) is 0 Å². The van der Waals surface area contributed by atoms with Gasteiger partial charge in [0.25, 0.3) is 0 Å². The number of aliphatic hydroxyl groups is 2. The molecule has 1 saturated heterocycles. The molecule has 4 N–H and O–H groups in total. The average Bonchev–Trinajstić information content (AvgIpc) is 3.31. The first-order chi connectivity index (χ1) is 20.2. The second-order valence-corrected chi connectivity index (χ2v) is 17.1. The van der Waals surface area contributed by atoms with Crippen LogP contribution in [-0.2, 0) is 24.4 Å². The second-order valence-electron chi connectivity index (χ2n) is 15.3. The molecule has 5 unspecified atom stereocenters. The largest absolute Gasteiger partial charge is 0.394 e. The summed E-state index contributed by atoms with van der Waals surface area (Å²) in [7, 11) is -1.51. The number of nitrogens with zero attached hydrogens (tertiary/aromatic N) is 1. The number of carbonyl (C=O) groups is 1. The summed E-state index contributed by atoms with van der Waals surface area (Å²) in [6, 6.07) is -0.649. The van der Waals surface area contributed by atoms with Crippen molar-refractivity contribution in [3.8, 4) is 0 Å². The molecule has 0 aromatic rings. The van der Waals surface area contributed by atoms with E-state index in [1.165, 1.54) is 12.7 Å². The zero-order valence-electron chi connectivity index (χ0n) is 27.1. The Hall–Kier alpha value is -0.820. The van der Waals surface area contributed by atoms with E-state index >= 15 is 0 Å². The van der Waals surface area contributed by atoms with Gasteiger partial charge in [0, 0.05) is 37.6 Å². The monoisotopic (exact) mass is 627 g/mol. The molecule has 1 aliphatic heterocycles. The fourth-order valence-electron chi connectivity index (χ4n) is 10.1. The van der Waals surface area contributed by atoms with E-state index in [-0.39, 0.29) is 36.6 Å². The van der Waals surface area contributed by atoms with Gasteiger partial charge in [-0.2, -0.15) is 5.06 Å². The molecule has 1 amide bonds. The van der Waals surface area contributed by atoms with E-state index in [2.05, 4.69) is 30.8 Å². The summed E-state index contributed by atoms with van der Waals surface area (Å²) in [6.45, 7) is 8.84. The van der Waals surface area contributed by atoms with Crippen LogP contribution in [0.2, 0.25) is 0 Å². The summed E-state index contributed by atoms with van der Waals surface area (Å²) in [5.74, 6) is 1.68. The third-order valence-electron chi connectivity index (χ3n) is 12.4. The number of sulfonamides is 1. The topological polar surface area (TPSA) is 137 Å². The van der Waals surface area contributed by atoms with E-state index < -0.39 is 34.2 Å². The zero-order valence-corrected chi connectivity index (χ0v) is 27.9. The van der Waals surface area contributed by atoms with Crippen molar-refractivity contribution in [2.75, 3.05) is 26.5 Å². The second kappa shape index (κ2) is 13.1. The molecule has 11 heteroatoms. The number of nitrogens with one attached hydrogen (secondary N) is 2. The van der Waals surface area contributed by atoms with Crippen molar-refractivity contribution in [3.63, 3.8) is 0 Å². The van der Waals surface area contributed by atoms with Crippen LogP contribution in [0.3, 0.4) is 0 Å². The lowest BCUT2D eigenvalue weighted by Gasteiger charge is -2.62. The minimum absolute atomic E-state index is 0.0440. The molecular weight excluding hydrogens is 570 g/mol. The standard InChI is InChI=1S/C32H57N3O7S/c1-18-25-14-22(32(25,3)4)15-26(18)33-31(38)29-28(19(2)37)27(17-36)42-35(29)16-21-10-8-12-24(30(21)41-5)20-9-7-11-23(13-20)34-43(6,39)40/h18-30,34,36-37H,7-17H2,1-6H3,(H,33,38)/t18-,19-,20?,21?,22+,23?,24?,25-,26-,27-,28-,29-,30?/m0/s1. The molecule has 0 aromatic carbocycles. The Kier molecular flexibility index (Phi) is 10.2. The summed E-state index contributed by atoms with van der Waals surface area (Å²) >= 11 is 0. The van der Waals surface area contributed by atoms with Gasteiger partial charge in [0.2, 0.25) is 15.9 Å². The molecule has 5 saturated carbocycles. The van der Waals surface area contributed by atoms with Crippen LogP contribution in [0.25, 0.3) is 0 Å². The van der Waals surface area contributed by atoms with Crippen LogP contribution < -0.4 is 10.0 Å². The molecular formula is C32H57N3O7S. The van der Waals surface area contributed by atoms with Crippen LogP contribution in [0.15, 0.2) is 0 Å². The number of hydrogen-bond acceptors (Lipinski definition) is 8. The summed E-state index contributed by atoms with van der Waals surface area (Å²) in [5.41, 5.74) is 0.319. The number of hydrogen-bond donors (Lipinski definition) is 4. The Labute approximate surface area is 259 Å². The molecule has 5 aliphatic carbocycles. The lowest BCUT2D eigenvalue weighted by Crippen LogP contribution is -2.62. The average molecular weight is 628 g/mol. The molecule has 6 fully saturated rings. The van der Waals surface area contributed by atoms with Crippen molar-refractivity contribution in [1.29, 1.82) is 0 Å². The van der Waals surface area contributed by atoms with E-state index in [1.54, 1.807) is 19.1 Å². The third kappa shape index (κ3) is 6.83. The first kappa shape index (κ1) is 33.5. The van der Waals surface area contributed by atoms with Crippen LogP contribution in [0.4, 0.5) is 0 Å². The third-order valence-corrected chi connectivity index (χ3v) is 13.2. The van der Waals surface area contributed by atoms with Gasteiger partial charge in [-0.15, -0.1) is 0 Å². The summed E-state index contributed by atoms with van der Waals surface area (Å²) in [6.07, 6.45) is 8.60. The molecule has 43 heavy (non-hydrogen) atoms. The SMILES string of the molecule is COC1C(CN2O[C@@H](CO)[C@H]([C@H](C)O)[C@H]2C(=O)N[C@H]2C[C@H]3C[C@@H]([C@@H]2C)C3(C)C)CCCC1C1CCCC(NS(C)(=O)=O)C1. The molecule has 6 rings (SSSR count). The van der Waals surface area contributed by atoms with E-state index in [0.29, 0.717) is 41.5 Å². The highest BCUT2D eigenvalue weighted by Crippen LogP contribution is 2.61. The minimum Gasteiger partial charge on any atom is -0.394 e. The van der Waals surface area contributed by atoms with Crippen LogP contribution in [0.1, 0.15) is 85.5 Å². The first-order valence-corrected chi connectivity index (χ1v) is 18.7. The number of rotatable bonds is 10. The van der Waals surface area contributed by atoms with E-state index in [9.17, 15) is 23.4 Å². The predicted octanol–water partition coefficient (Wildman–Crippen LogP) is 2.69. The number of hydroxylamine groups is 2. The number of amides is 1. The van der Waals surface area contributed by atoms with Crippen molar-refractivity contribution in [1.82, 2.24) is 15.1 Å². The number of carbonyl (C=O) groups excluding carboxylic acids is 1. The Balaban J connectivity index is 1.30. The maximum absolute atomic E-state index is 14.1. The van der Waals surface area contributed by atoms with Crippen molar-refractivity contribution in [2.24, 2.45) is 46.8 Å². The van der Waals surface area contributed by atoms with Gasteiger partial charge in [-0.1, -0.05) is 33.6 Å². The number of ether oxygens (including phenoxy) is 1. The van der Waals surface area contributed by atoms with Crippen LogP contribution >= 0.6 is 0 Å². The van der Waals surface area contributed by atoms with Crippen LogP contribution in [-0.4, -0.2) is 92.6 Å². The maximum Gasteiger partial charge on any atom is 0.240 e. The lowest BCUT2D eigenvalue weighted by atomic mass is 9.45. The highest BCUT2D eigenvalue weighted by atomic mass is 32.2. The van der Waals surface area contributed by atoms with E-state index in [4.69, 9.17) is 9.57 Å². The molecule has 248 valence electrons. The Morgan fingerprint density at radius 1 is 1.14 bits per heavy atom. The Bertz CT molecular complexity index is 1090. The minimum atomic E-state index is -3.26. The van der Waals surface area contributed by atoms with E-state index in [0.717, 1.165) is 51.4 Å². The molecule has 0 radical (unpaired) electrons. The van der Waals surface area contributed by atoms with Crippen molar-refractivity contribution in [2.45, 2.75) is 122 Å². The molecule has 13 atom stereocenters. The van der Waals surface area contributed by atoms with Gasteiger partial charge in [0.1, 0.15) is 12.1 Å². The number of aliphatic hydroxyl groups excluding tert-OH is 2. The Morgan fingerprint density at radius 2 is 1.86 bits per heavy atom. The molecule has 0 aromatic heterocycles. The van der Waals surface area contributed by atoms with Gasteiger partial charge < -0.3 is 20.3 Å². The Morgan fingerprint density at radius 3 is 2.47 bits per heavy atom. The highest BCUT2D eigenvalue weighted by molar-refractivity contribution is 7.88. The molecule has 2 bridgehead atoms. The van der Waals surface area contributed by atoms with Crippen molar-refractivity contribution >= 4 is 15.9 Å². The van der Waals surface area contributed by atoms with Gasteiger partial charge in [-0.3, -0.25) is 9.63 Å². The van der Waals surface area contributed by atoms with E-state index in [1.807, 2.05) is 0 Å². The fraction of sp³-hybridized carbons (Fsp3) is 0.969. The van der Waals surface area contributed by atoms with Gasteiger partial charge in [0.15, 0.2) is 0 Å². The van der Waals surface area contributed by atoms with Gasteiger partial charge in [0.05, 0.1) is 25.1 Å². The fourth-order valence-corrected chi connectivity index (χ4v) is 10.9. The molecule has 10 nitrogen and oxygen atoms in total. The summed E-state index contributed by atoms with van der Waals surface area (Å²) in [4.78, 5) is 20.3. The number of fused-ring (bicyclic) bond motifs is 2. The smallest absolute Gasteiger partial charge is 0.240 e. The summed E-state index contributed by atoms with van der Waals surface area (Å²) < 4.78 is 32.9. The predicted molar refractivity (Wildman–Crippen MR) is 164 cm³/mol. The molecule has 0 spiro atoms. The van der Waals surface area contributed by atoms with Gasteiger partial charge in [-0.25, -0.2) is 13.1 Å². The van der Waals surface area contributed by atoms with Gasteiger partial charge in [-0.05, 0) is 86.9 Å². The molecule has 6 aliphatic rings. The van der Waals surface area contributed by atoms with Crippen LogP contribution in [0, 0.1) is 46.8 Å². The normalized spacial score (nSPS) is 44.0. The maximum atomic E-state index is 14.1. The quantitative estimate of drug-likeness (QED) is 0.290.